The molecule has 0 bridgehead atoms. The number of carbonyl (C=O) groups excluding carboxylic acids is 1. The minimum Gasteiger partial charge on any atom is -0.349 e. The van der Waals surface area contributed by atoms with E-state index in [9.17, 15) is 9.59 Å². The fraction of sp³-hybridized carbons (Fsp3) is 0.292. The number of benzene rings is 1. The maximum absolute atomic E-state index is 13.0. The molecule has 0 unspecified atom stereocenters. The van der Waals surface area contributed by atoms with Crippen LogP contribution in [0.4, 0.5) is 0 Å². The quantitative estimate of drug-likeness (QED) is 0.567. The Morgan fingerprint density at radius 2 is 1.77 bits per heavy atom. The number of hydrogen-bond acceptors (Lipinski definition) is 3. The lowest BCUT2D eigenvalue weighted by atomic mass is 9.95. The molecule has 4 aromatic rings. The van der Waals surface area contributed by atoms with Gasteiger partial charge in [0.25, 0.3) is 11.5 Å². The van der Waals surface area contributed by atoms with Gasteiger partial charge in [0.15, 0.2) is 5.65 Å². The highest BCUT2D eigenvalue weighted by Gasteiger charge is 2.17. The van der Waals surface area contributed by atoms with E-state index in [-0.39, 0.29) is 17.5 Å². The molecule has 1 N–H and O–H groups in total. The highest BCUT2D eigenvalue weighted by molar-refractivity contribution is 5.94. The van der Waals surface area contributed by atoms with E-state index in [2.05, 4.69) is 10.3 Å². The van der Waals surface area contributed by atoms with Crippen molar-refractivity contribution >= 4 is 22.6 Å². The summed E-state index contributed by atoms with van der Waals surface area (Å²) >= 11 is 0. The Morgan fingerprint density at radius 3 is 2.57 bits per heavy atom. The van der Waals surface area contributed by atoms with E-state index in [1.807, 2.05) is 59.1 Å². The number of aromatic nitrogens is 3. The average molecular weight is 400 g/mol. The third kappa shape index (κ3) is 3.38. The lowest BCUT2D eigenvalue weighted by Crippen LogP contribution is -2.36. The van der Waals surface area contributed by atoms with Crippen molar-refractivity contribution in [2.75, 3.05) is 0 Å². The predicted molar refractivity (Wildman–Crippen MR) is 117 cm³/mol. The summed E-state index contributed by atoms with van der Waals surface area (Å²) in [5.41, 5.74) is 3.69. The first-order chi connectivity index (χ1) is 14.7. The molecule has 1 aromatic carbocycles. The van der Waals surface area contributed by atoms with E-state index in [0.29, 0.717) is 23.3 Å². The number of pyridine rings is 1. The lowest BCUT2D eigenvalue weighted by Gasteiger charge is -2.22. The van der Waals surface area contributed by atoms with Gasteiger partial charge in [-0.3, -0.25) is 14.2 Å². The Balaban J connectivity index is 1.42. The first-order valence-electron chi connectivity index (χ1n) is 10.5. The summed E-state index contributed by atoms with van der Waals surface area (Å²) in [6.45, 7) is 0.401. The molecule has 0 radical (unpaired) electrons. The Kier molecular flexibility index (Phi) is 4.83. The van der Waals surface area contributed by atoms with Gasteiger partial charge in [0.05, 0.1) is 12.1 Å². The first kappa shape index (κ1) is 18.6. The number of hydrogen-bond donors (Lipinski definition) is 1. The topological polar surface area (TPSA) is 68.4 Å². The first-order valence-corrected chi connectivity index (χ1v) is 10.5. The van der Waals surface area contributed by atoms with E-state index in [1.54, 1.807) is 10.8 Å². The molecular weight excluding hydrogens is 376 g/mol. The average Bonchev–Trinajstić information content (AvgIpc) is 3.28. The van der Waals surface area contributed by atoms with E-state index < -0.39 is 0 Å². The molecule has 3 heterocycles. The molecule has 0 atom stereocenters. The molecule has 0 saturated heterocycles. The van der Waals surface area contributed by atoms with Gasteiger partial charge in [0.2, 0.25) is 0 Å². The second-order valence-corrected chi connectivity index (χ2v) is 8.01. The number of nitrogens with one attached hydrogen (secondary N) is 1. The number of nitrogens with zero attached hydrogens (tertiary/aromatic N) is 3. The normalized spacial score (nSPS) is 14.9. The Labute approximate surface area is 174 Å². The third-order valence-electron chi connectivity index (χ3n) is 5.99. The molecule has 1 amide bonds. The van der Waals surface area contributed by atoms with Gasteiger partial charge in [-0.05, 0) is 54.8 Å². The van der Waals surface area contributed by atoms with Crippen molar-refractivity contribution in [2.24, 2.45) is 0 Å². The molecule has 30 heavy (non-hydrogen) atoms. The molecule has 3 aromatic heterocycles. The molecule has 1 saturated carbocycles. The van der Waals surface area contributed by atoms with E-state index >= 15 is 0 Å². The van der Waals surface area contributed by atoms with Gasteiger partial charge in [-0.25, -0.2) is 4.98 Å². The number of fused-ring (bicyclic) bond motifs is 3. The summed E-state index contributed by atoms with van der Waals surface area (Å²) in [4.78, 5) is 30.0. The zero-order valence-corrected chi connectivity index (χ0v) is 16.8. The fourth-order valence-electron chi connectivity index (χ4n) is 4.39. The molecule has 1 aliphatic rings. The van der Waals surface area contributed by atoms with Crippen molar-refractivity contribution in [2.45, 2.75) is 44.7 Å². The molecule has 152 valence electrons. The maximum Gasteiger partial charge on any atom is 0.276 e. The van der Waals surface area contributed by atoms with Crippen molar-refractivity contribution < 1.29 is 4.79 Å². The van der Waals surface area contributed by atoms with Crippen LogP contribution in [0, 0.1) is 0 Å². The van der Waals surface area contributed by atoms with Crippen LogP contribution >= 0.6 is 0 Å². The summed E-state index contributed by atoms with van der Waals surface area (Å²) < 4.78 is 3.57. The molecule has 6 heteroatoms. The van der Waals surface area contributed by atoms with Crippen LogP contribution < -0.4 is 10.9 Å². The minimum atomic E-state index is -0.0784. The molecule has 0 spiro atoms. The zero-order valence-electron chi connectivity index (χ0n) is 16.8. The second-order valence-electron chi connectivity index (χ2n) is 8.01. The second kappa shape index (κ2) is 7.78. The van der Waals surface area contributed by atoms with Gasteiger partial charge in [-0.2, -0.15) is 0 Å². The van der Waals surface area contributed by atoms with E-state index in [4.69, 9.17) is 0 Å². The molecule has 1 aliphatic carbocycles. The summed E-state index contributed by atoms with van der Waals surface area (Å²) in [5, 5.41) is 3.15. The summed E-state index contributed by atoms with van der Waals surface area (Å²) in [6, 6.07) is 15.3. The highest BCUT2D eigenvalue weighted by atomic mass is 16.1. The third-order valence-corrected chi connectivity index (χ3v) is 5.99. The van der Waals surface area contributed by atoms with Crippen molar-refractivity contribution in [3.63, 3.8) is 0 Å². The Morgan fingerprint density at radius 1 is 1.00 bits per heavy atom. The number of rotatable bonds is 4. The van der Waals surface area contributed by atoms with Crippen LogP contribution in [0.1, 0.15) is 48.0 Å². The largest absolute Gasteiger partial charge is 0.349 e. The van der Waals surface area contributed by atoms with E-state index in [0.717, 1.165) is 23.9 Å². The van der Waals surface area contributed by atoms with Crippen molar-refractivity contribution in [1.82, 2.24) is 19.3 Å². The van der Waals surface area contributed by atoms with Gasteiger partial charge in [-0.15, -0.1) is 0 Å². The van der Waals surface area contributed by atoms with Crippen LogP contribution in [0.25, 0.3) is 16.7 Å². The van der Waals surface area contributed by atoms with Gasteiger partial charge < -0.3 is 9.72 Å². The van der Waals surface area contributed by atoms with Crippen molar-refractivity contribution in [3.05, 3.63) is 82.4 Å². The van der Waals surface area contributed by atoms with Crippen LogP contribution in [-0.2, 0) is 6.54 Å². The Bertz CT molecular complexity index is 1260. The van der Waals surface area contributed by atoms with Crippen molar-refractivity contribution in [3.8, 4) is 0 Å². The van der Waals surface area contributed by atoms with Gasteiger partial charge >= 0.3 is 0 Å². The molecule has 6 nitrogen and oxygen atoms in total. The monoisotopic (exact) mass is 400 g/mol. The zero-order chi connectivity index (χ0) is 20.5. The minimum absolute atomic E-state index is 0.0210. The summed E-state index contributed by atoms with van der Waals surface area (Å²) in [7, 11) is 0. The van der Waals surface area contributed by atoms with Gasteiger partial charge in [0, 0.05) is 24.0 Å². The van der Waals surface area contributed by atoms with Crippen LogP contribution in [0.15, 0.2) is 65.7 Å². The smallest absolute Gasteiger partial charge is 0.276 e. The fourth-order valence-corrected chi connectivity index (χ4v) is 4.39. The van der Waals surface area contributed by atoms with Gasteiger partial charge in [0.1, 0.15) is 5.52 Å². The molecule has 0 aliphatic heterocycles. The van der Waals surface area contributed by atoms with Gasteiger partial charge in [-0.1, -0.05) is 31.4 Å². The summed E-state index contributed by atoms with van der Waals surface area (Å²) in [5.74, 6) is -0.0210. The highest BCUT2D eigenvalue weighted by Crippen LogP contribution is 2.18. The summed E-state index contributed by atoms with van der Waals surface area (Å²) in [6.07, 6.45) is 9.35. The Hall–Kier alpha value is -3.41. The maximum atomic E-state index is 13.0. The van der Waals surface area contributed by atoms with Crippen LogP contribution in [0.3, 0.4) is 0 Å². The van der Waals surface area contributed by atoms with Crippen molar-refractivity contribution in [1.29, 1.82) is 0 Å². The molecule has 5 rings (SSSR count). The predicted octanol–water partition coefficient (Wildman–Crippen LogP) is 3.76. The number of carbonyl (C=O) groups is 1. The van der Waals surface area contributed by atoms with Crippen LogP contribution in [0.2, 0.25) is 0 Å². The van der Waals surface area contributed by atoms with E-state index in [1.165, 1.54) is 19.3 Å². The number of amides is 1. The standard InChI is InChI=1S/C24H24N4O2/c29-23(26-19-6-2-1-3-7-19)18-12-10-17(11-13-18)16-28-22-20(8-4-14-25-22)27-15-5-9-21(27)24(28)30/h4-5,8-15,19H,1-3,6-7,16H2,(H,26,29). The van der Waals surface area contributed by atoms with Crippen LogP contribution in [-0.4, -0.2) is 25.9 Å². The molecular formula is C24H24N4O2. The SMILES string of the molecule is O=C(NC1CCCCC1)c1ccc(Cn2c(=O)c3cccn3c3cccnc32)cc1. The lowest BCUT2D eigenvalue weighted by molar-refractivity contribution is 0.0927. The van der Waals surface area contributed by atoms with Crippen LogP contribution in [0.5, 0.6) is 0 Å². The molecule has 1 fully saturated rings.